The van der Waals surface area contributed by atoms with E-state index >= 15 is 0 Å². The second-order valence-electron chi connectivity index (χ2n) is 5.92. The van der Waals surface area contributed by atoms with Crippen LogP contribution < -0.4 is 5.73 Å². The number of aromatic nitrogens is 2. The molecule has 1 aromatic heterocycles. The molecular formula is C17H20N4O2. The van der Waals surface area contributed by atoms with Crippen molar-refractivity contribution in [3.63, 3.8) is 0 Å². The molecule has 120 valence electrons. The summed E-state index contributed by atoms with van der Waals surface area (Å²) in [6.07, 6.45) is 3.20. The van der Waals surface area contributed by atoms with Crippen LogP contribution in [0.25, 0.3) is 0 Å². The average Bonchev–Trinajstić information content (AvgIpc) is 2.89. The van der Waals surface area contributed by atoms with Crippen molar-refractivity contribution in [3.05, 3.63) is 53.3 Å². The second kappa shape index (κ2) is 6.24. The average molecular weight is 312 g/mol. The first-order valence-electron chi connectivity index (χ1n) is 7.75. The van der Waals surface area contributed by atoms with Crippen LogP contribution in [-0.2, 0) is 6.54 Å². The normalized spacial score (nSPS) is 14.3. The molecule has 0 saturated heterocycles. The van der Waals surface area contributed by atoms with Gasteiger partial charge in [0.25, 0.3) is 11.8 Å². The predicted molar refractivity (Wildman–Crippen MR) is 86.0 cm³/mol. The Kier molecular flexibility index (Phi) is 4.14. The lowest BCUT2D eigenvalue weighted by Crippen LogP contribution is -2.41. The van der Waals surface area contributed by atoms with Gasteiger partial charge in [-0.3, -0.25) is 14.3 Å². The fraction of sp³-hybridized carbons (Fsp3) is 0.353. The van der Waals surface area contributed by atoms with Gasteiger partial charge in [0.2, 0.25) is 0 Å². The molecule has 0 bridgehead atoms. The number of carbonyl (C=O) groups excluding carboxylic acids is 2. The molecule has 6 heteroatoms. The third-order valence-corrected chi connectivity index (χ3v) is 4.37. The van der Waals surface area contributed by atoms with E-state index in [0.29, 0.717) is 6.54 Å². The summed E-state index contributed by atoms with van der Waals surface area (Å²) in [7, 11) is 1.78. The van der Waals surface area contributed by atoms with E-state index in [0.717, 1.165) is 24.8 Å². The summed E-state index contributed by atoms with van der Waals surface area (Å²) in [6, 6.07) is 11.4. The highest BCUT2D eigenvalue weighted by Crippen LogP contribution is 2.24. The maximum Gasteiger partial charge on any atom is 0.274 e. The van der Waals surface area contributed by atoms with Crippen LogP contribution in [0, 0.1) is 0 Å². The lowest BCUT2D eigenvalue weighted by atomic mass is 9.92. The number of primary amides is 1. The summed E-state index contributed by atoms with van der Waals surface area (Å²) < 4.78 is 1.50. The highest BCUT2D eigenvalue weighted by Gasteiger charge is 2.28. The number of rotatable bonds is 5. The van der Waals surface area contributed by atoms with Crippen molar-refractivity contribution >= 4 is 11.8 Å². The quantitative estimate of drug-likeness (QED) is 0.911. The summed E-state index contributed by atoms with van der Waals surface area (Å²) in [6.45, 7) is 0.402. The molecule has 1 heterocycles. The van der Waals surface area contributed by atoms with Gasteiger partial charge in [0.05, 0.1) is 6.54 Å². The van der Waals surface area contributed by atoms with E-state index in [1.54, 1.807) is 11.9 Å². The molecule has 3 rings (SSSR count). The van der Waals surface area contributed by atoms with Crippen molar-refractivity contribution < 1.29 is 9.59 Å². The van der Waals surface area contributed by atoms with Crippen molar-refractivity contribution in [2.24, 2.45) is 5.73 Å². The number of nitrogens with two attached hydrogens (primary N) is 1. The van der Waals surface area contributed by atoms with Gasteiger partial charge in [-0.15, -0.1) is 0 Å². The van der Waals surface area contributed by atoms with Crippen molar-refractivity contribution in [1.29, 1.82) is 0 Å². The van der Waals surface area contributed by atoms with Crippen molar-refractivity contribution in [2.75, 3.05) is 7.05 Å². The molecule has 2 aromatic rings. The van der Waals surface area contributed by atoms with Crippen LogP contribution in [0.15, 0.2) is 36.4 Å². The van der Waals surface area contributed by atoms with Gasteiger partial charge in [-0.2, -0.15) is 5.10 Å². The largest absolute Gasteiger partial charge is 0.364 e. The Morgan fingerprint density at radius 3 is 2.57 bits per heavy atom. The highest BCUT2D eigenvalue weighted by atomic mass is 16.2. The molecule has 2 amide bonds. The summed E-state index contributed by atoms with van der Waals surface area (Å²) in [5.41, 5.74) is 6.94. The topological polar surface area (TPSA) is 81.2 Å². The van der Waals surface area contributed by atoms with Crippen molar-refractivity contribution in [2.45, 2.75) is 31.8 Å². The third-order valence-electron chi connectivity index (χ3n) is 4.37. The maximum atomic E-state index is 12.5. The van der Waals surface area contributed by atoms with Gasteiger partial charge in [-0.1, -0.05) is 30.3 Å². The minimum absolute atomic E-state index is 0.163. The van der Waals surface area contributed by atoms with Gasteiger partial charge in [0.1, 0.15) is 5.69 Å². The second-order valence-corrected chi connectivity index (χ2v) is 5.92. The molecule has 1 aromatic carbocycles. The first-order chi connectivity index (χ1) is 11.1. The number of carbonyl (C=O) groups is 2. The van der Waals surface area contributed by atoms with Gasteiger partial charge in [0, 0.05) is 19.2 Å². The fourth-order valence-electron chi connectivity index (χ4n) is 2.72. The summed E-state index contributed by atoms with van der Waals surface area (Å²) in [5.74, 6) is -0.747. The number of nitrogens with zero attached hydrogens (tertiary/aromatic N) is 3. The standard InChI is InChI=1S/C17H20N4O2/c1-20(13-8-5-9-13)17(23)14-10-15(16(18)22)21(19-14)11-12-6-3-2-4-7-12/h2-4,6-7,10,13H,5,8-9,11H2,1H3,(H2,18,22). The van der Waals surface area contributed by atoms with Crippen LogP contribution in [0.5, 0.6) is 0 Å². The van der Waals surface area contributed by atoms with Gasteiger partial charge in [-0.05, 0) is 24.8 Å². The summed E-state index contributed by atoms with van der Waals surface area (Å²) >= 11 is 0. The highest BCUT2D eigenvalue weighted by molar-refractivity contribution is 5.97. The molecule has 0 unspecified atom stereocenters. The van der Waals surface area contributed by atoms with Crippen LogP contribution in [0.4, 0.5) is 0 Å². The Hall–Kier alpha value is -2.63. The van der Waals surface area contributed by atoms with Crippen LogP contribution in [0.3, 0.4) is 0 Å². The van der Waals surface area contributed by atoms with E-state index in [-0.39, 0.29) is 23.3 Å². The molecule has 1 aliphatic carbocycles. The van der Waals surface area contributed by atoms with Gasteiger partial charge in [0.15, 0.2) is 5.69 Å². The first kappa shape index (κ1) is 15.3. The van der Waals surface area contributed by atoms with E-state index in [2.05, 4.69) is 5.10 Å². The van der Waals surface area contributed by atoms with Crippen LogP contribution in [0.2, 0.25) is 0 Å². The van der Waals surface area contributed by atoms with Crippen LogP contribution >= 0.6 is 0 Å². The molecule has 2 N–H and O–H groups in total. The molecule has 0 spiro atoms. The molecule has 1 fully saturated rings. The molecular weight excluding hydrogens is 292 g/mol. The minimum atomic E-state index is -0.584. The SMILES string of the molecule is CN(C(=O)c1cc(C(N)=O)n(Cc2ccccc2)n1)C1CCC1. The fourth-order valence-corrected chi connectivity index (χ4v) is 2.72. The van der Waals surface area contributed by atoms with Crippen molar-refractivity contribution in [3.8, 4) is 0 Å². The van der Waals surface area contributed by atoms with E-state index in [9.17, 15) is 9.59 Å². The van der Waals surface area contributed by atoms with E-state index < -0.39 is 5.91 Å². The predicted octanol–water partition coefficient (Wildman–Crippen LogP) is 1.65. The maximum absolute atomic E-state index is 12.5. The Bertz CT molecular complexity index is 719. The van der Waals surface area contributed by atoms with Gasteiger partial charge >= 0.3 is 0 Å². The van der Waals surface area contributed by atoms with Crippen LogP contribution in [0.1, 0.15) is 45.8 Å². The van der Waals surface area contributed by atoms with E-state index in [1.807, 2.05) is 30.3 Å². The number of benzene rings is 1. The van der Waals surface area contributed by atoms with Crippen LogP contribution in [-0.4, -0.2) is 39.6 Å². The lowest BCUT2D eigenvalue weighted by Gasteiger charge is -2.34. The first-order valence-corrected chi connectivity index (χ1v) is 7.75. The summed E-state index contributed by atoms with van der Waals surface area (Å²) in [5, 5.41) is 4.31. The zero-order valence-electron chi connectivity index (χ0n) is 13.1. The zero-order valence-corrected chi connectivity index (χ0v) is 13.1. The lowest BCUT2D eigenvalue weighted by molar-refractivity contribution is 0.0645. The summed E-state index contributed by atoms with van der Waals surface area (Å²) in [4.78, 5) is 25.9. The Morgan fingerprint density at radius 1 is 1.30 bits per heavy atom. The number of hydrogen-bond acceptors (Lipinski definition) is 3. The molecule has 6 nitrogen and oxygen atoms in total. The molecule has 0 aliphatic heterocycles. The molecule has 0 atom stereocenters. The van der Waals surface area contributed by atoms with Gasteiger partial charge < -0.3 is 10.6 Å². The third kappa shape index (κ3) is 3.11. The smallest absolute Gasteiger partial charge is 0.274 e. The van der Waals surface area contributed by atoms with E-state index in [4.69, 9.17) is 5.73 Å². The molecule has 1 saturated carbocycles. The Morgan fingerprint density at radius 2 is 2.00 bits per heavy atom. The number of hydrogen-bond donors (Lipinski definition) is 1. The monoisotopic (exact) mass is 312 g/mol. The number of amides is 2. The zero-order chi connectivity index (χ0) is 16.4. The van der Waals surface area contributed by atoms with Crippen molar-refractivity contribution in [1.82, 2.24) is 14.7 Å². The Labute approximate surface area is 134 Å². The van der Waals surface area contributed by atoms with Gasteiger partial charge in [-0.25, -0.2) is 0 Å². The molecule has 1 aliphatic rings. The molecule has 23 heavy (non-hydrogen) atoms. The van der Waals surface area contributed by atoms with E-state index in [1.165, 1.54) is 10.7 Å². The minimum Gasteiger partial charge on any atom is -0.364 e. The Balaban J connectivity index is 1.86. The molecule has 0 radical (unpaired) electrons.